The summed E-state index contributed by atoms with van der Waals surface area (Å²) in [6.45, 7) is 1.33. The topological polar surface area (TPSA) is 84.4 Å². The first kappa shape index (κ1) is 17.9. The van der Waals surface area contributed by atoms with Crippen LogP contribution in [0.15, 0.2) is 24.3 Å². The molecule has 1 aromatic carbocycles. The van der Waals surface area contributed by atoms with Gasteiger partial charge in [0.05, 0.1) is 19.6 Å². The van der Waals surface area contributed by atoms with Crippen molar-refractivity contribution < 1.29 is 14.3 Å². The first-order valence-corrected chi connectivity index (χ1v) is 9.94. The van der Waals surface area contributed by atoms with Gasteiger partial charge in [-0.2, -0.15) is 0 Å². The van der Waals surface area contributed by atoms with Crippen LogP contribution >= 0.6 is 11.3 Å². The Morgan fingerprint density at radius 1 is 1.30 bits per heavy atom. The van der Waals surface area contributed by atoms with E-state index in [1.165, 1.54) is 12.8 Å². The van der Waals surface area contributed by atoms with Crippen molar-refractivity contribution in [1.82, 2.24) is 20.4 Å². The zero-order valence-electron chi connectivity index (χ0n) is 15.2. The Hall–Kier alpha value is -2.48. The summed E-state index contributed by atoms with van der Waals surface area (Å²) in [6.07, 6.45) is 2.63. The van der Waals surface area contributed by atoms with Gasteiger partial charge in [0.25, 0.3) is 0 Å². The number of nitrogens with one attached hydrogen (secondary N) is 1. The van der Waals surface area contributed by atoms with Crippen LogP contribution in [0.3, 0.4) is 0 Å². The molecule has 2 heterocycles. The lowest BCUT2D eigenvalue weighted by Gasteiger charge is -2.16. The fraction of sp³-hybridized carbons (Fsp3) is 0.474. The van der Waals surface area contributed by atoms with Crippen molar-refractivity contribution in [2.45, 2.75) is 38.3 Å². The molecular formula is C19H22N4O3S. The first-order chi connectivity index (χ1) is 13.1. The van der Waals surface area contributed by atoms with Crippen molar-refractivity contribution in [3.05, 3.63) is 39.8 Å². The Balaban J connectivity index is 1.28. The minimum atomic E-state index is -0.313. The average Bonchev–Trinajstić information content (AvgIpc) is 3.32. The molecule has 2 aromatic rings. The molecule has 0 radical (unpaired) electrons. The van der Waals surface area contributed by atoms with Gasteiger partial charge in [0, 0.05) is 25.4 Å². The van der Waals surface area contributed by atoms with Crippen molar-refractivity contribution >= 4 is 23.2 Å². The lowest BCUT2D eigenvalue weighted by atomic mass is 10.1. The summed E-state index contributed by atoms with van der Waals surface area (Å²) < 4.78 is 5.15. The maximum absolute atomic E-state index is 12.4. The van der Waals surface area contributed by atoms with Crippen LogP contribution in [0.25, 0.3) is 0 Å². The Bertz CT molecular complexity index is 832. The third kappa shape index (κ3) is 4.27. The summed E-state index contributed by atoms with van der Waals surface area (Å²) in [5.74, 6) is 0.962. The van der Waals surface area contributed by atoms with Crippen LogP contribution in [-0.2, 0) is 22.7 Å². The normalized spacial score (nSPS) is 19.4. The zero-order chi connectivity index (χ0) is 18.8. The van der Waals surface area contributed by atoms with Crippen molar-refractivity contribution in [3.8, 4) is 5.75 Å². The van der Waals surface area contributed by atoms with E-state index < -0.39 is 0 Å². The smallest absolute Gasteiger partial charge is 0.225 e. The van der Waals surface area contributed by atoms with E-state index >= 15 is 0 Å². The van der Waals surface area contributed by atoms with E-state index in [0.717, 1.165) is 21.3 Å². The number of benzene rings is 1. The molecule has 2 aliphatic rings. The van der Waals surface area contributed by atoms with Crippen molar-refractivity contribution in [2.75, 3.05) is 13.7 Å². The van der Waals surface area contributed by atoms with Crippen LogP contribution in [-0.4, -0.2) is 40.6 Å². The molecule has 0 bridgehead atoms. The van der Waals surface area contributed by atoms with Crippen LogP contribution in [0, 0.1) is 5.92 Å². The molecule has 1 aliphatic carbocycles. The third-order valence-corrected chi connectivity index (χ3v) is 6.03. The fourth-order valence-electron chi connectivity index (χ4n) is 3.19. The second kappa shape index (κ2) is 7.64. The molecule has 4 rings (SSSR count). The number of hydrogen-bond donors (Lipinski definition) is 1. The van der Waals surface area contributed by atoms with Crippen LogP contribution in [0.2, 0.25) is 0 Å². The molecule has 7 nitrogen and oxygen atoms in total. The summed E-state index contributed by atoms with van der Waals surface area (Å²) in [5, 5.41) is 13.1. The quantitative estimate of drug-likeness (QED) is 0.788. The maximum Gasteiger partial charge on any atom is 0.225 e. The number of nitrogens with zero attached hydrogens (tertiary/aromatic N) is 3. The van der Waals surface area contributed by atoms with Crippen molar-refractivity contribution in [3.63, 3.8) is 0 Å². The Labute approximate surface area is 161 Å². The molecule has 1 aliphatic heterocycles. The molecule has 8 heteroatoms. The number of methoxy groups -OCH3 is 1. The van der Waals surface area contributed by atoms with E-state index in [0.29, 0.717) is 25.6 Å². The van der Waals surface area contributed by atoms with Crippen LogP contribution in [0.1, 0.15) is 40.8 Å². The summed E-state index contributed by atoms with van der Waals surface area (Å²) in [5.41, 5.74) is 1.02. The molecule has 27 heavy (non-hydrogen) atoms. The SMILES string of the molecule is COc1ccc(CN2CC(C(=O)NCc3nnc(C4CC4)s3)CC2=O)cc1. The predicted molar refractivity (Wildman–Crippen MR) is 100 cm³/mol. The highest BCUT2D eigenvalue weighted by Crippen LogP contribution is 2.41. The van der Waals surface area contributed by atoms with Gasteiger partial charge in [-0.3, -0.25) is 9.59 Å². The van der Waals surface area contributed by atoms with Gasteiger partial charge in [-0.25, -0.2) is 0 Å². The summed E-state index contributed by atoms with van der Waals surface area (Å²) in [4.78, 5) is 26.5. The number of aromatic nitrogens is 2. The Morgan fingerprint density at radius 3 is 2.78 bits per heavy atom. The van der Waals surface area contributed by atoms with Crippen LogP contribution in [0.4, 0.5) is 0 Å². The molecule has 1 unspecified atom stereocenters. The second-order valence-corrected chi connectivity index (χ2v) is 8.14. The molecule has 1 N–H and O–H groups in total. The number of ether oxygens (including phenoxy) is 1. The summed E-state index contributed by atoms with van der Waals surface area (Å²) in [6, 6.07) is 7.62. The standard InChI is InChI=1S/C19H22N4O3S/c1-26-15-6-2-12(3-7-15)10-23-11-14(8-17(23)24)18(25)20-9-16-21-22-19(27-16)13-4-5-13/h2-3,6-7,13-14H,4-5,8-11H2,1H3,(H,20,25). The Kier molecular flexibility index (Phi) is 5.07. The average molecular weight is 386 g/mol. The molecule has 1 atom stereocenters. The van der Waals surface area contributed by atoms with E-state index in [-0.39, 0.29) is 24.2 Å². The van der Waals surface area contributed by atoms with E-state index in [1.807, 2.05) is 24.3 Å². The number of likely N-dealkylation sites (tertiary alicyclic amines) is 1. The summed E-state index contributed by atoms with van der Waals surface area (Å²) >= 11 is 1.57. The molecule has 1 saturated heterocycles. The molecule has 2 amide bonds. The van der Waals surface area contributed by atoms with Gasteiger partial charge in [-0.05, 0) is 30.5 Å². The molecule has 142 valence electrons. The largest absolute Gasteiger partial charge is 0.497 e. The number of hydrogen-bond acceptors (Lipinski definition) is 6. The molecule has 2 fully saturated rings. The Morgan fingerprint density at radius 2 is 2.07 bits per heavy atom. The van der Waals surface area contributed by atoms with Gasteiger partial charge in [0.15, 0.2) is 0 Å². The monoisotopic (exact) mass is 386 g/mol. The van der Waals surface area contributed by atoms with Gasteiger partial charge < -0.3 is 15.0 Å². The number of carbonyl (C=O) groups excluding carboxylic acids is 2. The highest BCUT2D eigenvalue weighted by molar-refractivity contribution is 7.11. The van der Waals surface area contributed by atoms with E-state index in [9.17, 15) is 9.59 Å². The van der Waals surface area contributed by atoms with Gasteiger partial charge in [-0.1, -0.05) is 23.5 Å². The van der Waals surface area contributed by atoms with Crippen LogP contribution in [0.5, 0.6) is 5.75 Å². The number of rotatable bonds is 7. The summed E-state index contributed by atoms with van der Waals surface area (Å²) in [7, 11) is 1.62. The van der Waals surface area contributed by atoms with Gasteiger partial charge in [0.1, 0.15) is 15.8 Å². The lowest BCUT2D eigenvalue weighted by molar-refractivity contribution is -0.129. The highest BCUT2D eigenvalue weighted by Gasteiger charge is 2.34. The van der Waals surface area contributed by atoms with Crippen molar-refractivity contribution in [1.29, 1.82) is 0 Å². The number of carbonyl (C=O) groups is 2. The zero-order valence-corrected chi connectivity index (χ0v) is 16.0. The number of amides is 2. The minimum Gasteiger partial charge on any atom is -0.497 e. The van der Waals surface area contributed by atoms with Crippen molar-refractivity contribution in [2.24, 2.45) is 5.92 Å². The van der Waals surface area contributed by atoms with E-state index in [1.54, 1.807) is 23.3 Å². The first-order valence-electron chi connectivity index (χ1n) is 9.13. The minimum absolute atomic E-state index is 0.0119. The predicted octanol–water partition coefficient (Wildman–Crippen LogP) is 2.09. The maximum atomic E-state index is 12.4. The van der Waals surface area contributed by atoms with E-state index in [2.05, 4.69) is 15.5 Å². The second-order valence-electron chi connectivity index (χ2n) is 7.05. The van der Waals surface area contributed by atoms with Crippen LogP contribution < -0.4 is 10.1 Å². The van der Waals surface area contributed by atoms with Gasteiger partial charge in [0.2, 0.25) is 11.8 Å². The molecular weight excluding hydrogens is 364 g/mol. The fourth-order valence-corrected chi connectivity index (χ4v) is 4.14. The third-order valence-electron chi connectivity index (χ3n) is 4.94. The van der Waals surface area contributed by atoms with Gasteiger partial charge in [-0.15, -0.1) is 10.2 Å². The molecule has 0 spiro atoms. The van der Waals surface area contributed by atoms with E-state index in [4.69, 9.17) is 4.74 Å². The molecule has 1 aromatic heterocycles. The molecule has 1 saturated carbocycles. The lowest BCUT2D eigenvalue weighted by Crippen LogP contribution is -2.32. The highest BCUT2D eigenvalue weighted by atomic mass is 32.1. The van der Waals surface area contributed by atoms with Gasteiger partial charge >= 0.3 is 0 Å².